The quantitative estimate of drug-likeness (QED) is 0.793. The maximum absolute atomic E-state index is 11.8. The molecule has 0 fully saturated rings. The highest BCUT2D eigenvalue weighted by molar-refractivity contribution is 5.92. The highest BCUT2D eigenvalue weighted by atomic mass is 16.1. The average Bonchev–Trinajstić information content (AvgIpc) is 2.32. The Labute approximate surface area is 104 Å². The summed E-state index contributed by atoms with van der Waals surface area (Å²) >= 11 is 0. The normalized spacial score (nSPS) is 12.2. The predicted octanol–water partition coefficient (Wildman–Crippen LogP) is 2.43. The number of carbonyl (C=O) groups excluding carboxylic acids is 1. The van der Waals surface area contributed by atoms with Crippen molar-refractivity contribution in [3.63, 3.8) is 0 Å². The van der Waals surface area contributed by atoms with E-state index in [1.807, 2.05) is 26.1 Å². The Balaban J connectivity index is 2.53. The molecule has 0 aliphatic heterocycles. The van der Waals surface area contributed by atoms with Gasteiger partial charge in [-0.2, -0.15) is 0 Å². The number of nitrogens with one attached hydrogen (secondary N) is 2. The fraction of sp³-hybridized carbons (Fsp3) is 0.500. The molecule has 0 saturated heterocycles. The topological polar surface area (TPSA) is 41.1 Å². The first-order chi connectivity index (χ1) is 8.17. The minimum atomic E-state index is -0.0182. The summed E-state index contributed by atoms with van der Waals surface area (Å²) in [5.74, 6) is 0.0397. The fourth-order valence-corrected chi connectivity index (χ4v) is 1.71. The van der Waals surface area contributed by atoms with Crippen LogP contribution >= 0.6 is 0 Å². The molecular weight excluding hydrogens is 212 g/mol. The van der Waals surface area contributed by atoms with Crippen LogP contribution in [0.5, 0.6) is 0 Å². The monoisotopic (exact) mass is 234 g/mol. The van der Waals surface area contributed by atoms with Gasteiger partial charge in [0.2, 0.25) is 5.91 Å². The van der Waals surface area contributed by atoms with Gasteiger partial charge in [0.1, 0.15) is 0 Å². The molecule has 0 bridgehead atoms. The number of aryl methyl sites for hydroxylation is 1. The first-order valence-corrected chi connectivity index (χ1v) is 6.21. The standard InChI is InChI=1S/C14H22N2O/c1-4-5-12-6-8-13(9-7-12)16-14(17)11(2)10-15-3/h6-9,11,15H,4-5,10H2,1-3H3,(H,16,17). The molecule has 1 unspecified atom stereocenters. The molecule has 0 aliphatic rings. The van der Waals surface area contributed by atoms with Gasteiger partial charge >= 0.3 is 0 Å². The summed E-state index contributed by atoms with van der Waals surface area (Å²) in [5.41, 5.74) is 2.19. The molecule has 1 aromatic rings. The first kappa shape index (κ1) is 13.7. The van der Waals surface area contributed by atoms with E-state index in [1.165, 1.54) is 5.56 Å². The van der Waals surface area contributed by atoms with Crippen LogP contribution in [0, 0.1) is 5.92 Å². The van der Waals surface area contributed by atoms with E-state index in [1.54, 1.807) is 0 Å². The zero-order valence-electron chi connectivity index (χ0n) is 10.9. The molecule has 17 heavy (non-hydrogen) atoms. The Hall–Kier alpha value is -1.35. The fourth-order valence-electron chi connectivity index (χ4n) is 1.71. The van der Waals surface area contributed by atoms with Crippen LogP contribution in [-0.4, -0.2) is 19.5 Å². The number of benzene rings is 1. The molecule has 3 nitrogen and oxygen atoms in total. The van der Waals surface area contributed by atoms with Crippen LogP contribution in [-0.2, 0) is 11.2 Å². The zero-order valence-corrected chi connectivity index (χ0v) is 10.9. The number of hydrogen-bond acceptors (Lipinski definition) is 2. The molecular formula is C14H22N2O. The zero-order chi connectivity index (χ0) is 12.7. The predicted molar refractivity (Wildman–Crippen MR) is 72.2 cm³/mol. The number of carbonyl (C=O) groups is 1. The molecule has 1 atom stereocenters. The molecule has 0 heterocycles. The molecule has 2 N–H and O–H groups in total. The van der Waals surface area contributed by atoms with E-state index in [0.29, 0.717) is 6.54 Å². The molecule has 0 saturated carbocycles. The Kier molecular flexibility index (Phi) is 5.70. The van der Waals surface area contributed by atoms with E-state index in [9.17, 15) is 4.79 Å². The lowest BCUT2D eigenvalue weighted by Gasteiger charge is -2.11. The molecule has 94 valence electrons. The smallest absolute Gasteiger partial charge is 0.228 e. The highest BCUT2D eigenvalue weighted by Crippen LogP contribution is 2.12. The van der Waals surface area contributed by atoms with E-state index < -0.39 is 0 Å². The van der Waals surface area contributed by atoms with Crippen LogP contribution in [0.15, 0.2) is 24.3 Å². The van der Waals surface area contributed by atoms with E-state index in [0.717, 1.165) is 18.5 Å². The van der Waals surface area contributed by atoms with Crippen molar-refractivity contribution in [1.82, 2.24) is 5.32 Å². The summed E-state index contributed by atoms with van der Waals surface area (Å²) in [7, 11) is 1.85. The third-order valence-electron chi connectivity index (χ3n) is 2.72. The third-order valence-corrected chi connectivity index (χ3v) is 2.72. The summed E-state index contributed by atoms with van der Waals surface area (Å²) in [6, 6.07) is 8.08. The van der Waals surface area contributed by atoms with Crippen LogP contribution in [0.2, 0.25) is 0 Å². The van der Waals surface area contributed by atoms with Crippen LogP contribution < -0.4 is 10.6 Å². The van der Waals surface area contributed by atoms with Crippen molar-refractivity contribution in [3.8, 4) is 0 Å². The van der Waals surface area contributed by atoms with Crippen LogP contribution in [0.25, 0.3) is 0 Å². The van der Waals surface area contributed by atoms with Crippen LogP contribution in [0.3, 0.4) is 0 Å². The second kappa shape index (κ2) is 7.07. The van der Waals surface area contributed by atoms with Crippen LogP contribution in [0.1, 0.15) is 25.8 Å². The summed E-state index contributed by atoms with van der Waals surface area (Å²) in [6.45, 7) is 4.77. The van der Waals surface area contributed by atoms with Gasteiger partial charge in [0, 0.05) is 18.2 Å². The Morgan fingerprint density at radius 3 is 2.47 bits per heavy atom. The van der Waals surface area contributed by atoms with E-state index in [4.69, 9.17) is 0 Å². The number of rotatable bonds is 6. The molecule has 1 aromatic carbocycles. The lowest BCUT2D eigenvalue weighted by atomic mass is 10.1. The van der Waals surface area contributed by atoms with Crippen molar-refractivity contribution >= 4 is 11.6 Å². The molecule has 3 heteroatoms. The Bertz CT molecular complexity index is 346. The van der Waals surface area contributed by atoms with Crippen molar-refractivity contribution in [2.45, 2.75) is 26.7 Å². The largest absolute Gasteiger partial charge is 0.326 e. The summed E-state index contributed by atoms with van der Waals surface area (Å²) in [4.78, 5) is 11.8. The van der Waals surface area contributed by atoms with Crippen molar-refractivity contribution in [2.24, 2.45) is 5.92 Å². The van der Waals surface area contributed by atoms with Gasteiger partial charge in [0.25, 0.3) is 0 Å². The highest BCUT2D eigenvalue weighted by Gasteiger charge is 2.11. The van der Waals surface area contributed by atoms with Gasteiger partial charge < -0.3 is 10.6 Å². The summed E-state index contributed by atoms with van der Waals surface area (Å²) in [6.07, 6.45) is 2.23. The molecule has 0 spiro atoms. The van der Waals surface area contributed by atoms with E-state index >= 15 is 0 Å². The number of hydrogen-bond donors (Lipinski definition) is 2. The van der Waals surface area contributed by atoms with Crippen molar-refractivity contribution in [2.75, 3.05) is 18.9 Å². The maximum Gasteiger partial charge on any atom is 0.228 e. The van der Waals surface area contributed by atoms with Gasteiger partial charge in [-0.15, -0.1) is 0 Å². The second-order valence-electron chi connectivity index (χ2n) is 4.39. The Morgan fingerprint density at radius 1 is 1.29 bits per heavy atom. The molecule has 0 aliphatic carbocycles. The molecule has 1 amide bonds. The third kappa shape index (κ3) is 4.57. The van der Waals surface area contributed by atoms with Crippen molar-refractivity contribution in [1.29, 1.82) is 0 Å². The summed E-state index contributed by atoms with van der Waals surface area (Å²) in [5, 5.41) is 5.92. The maximum atomic E-state index is 11.8. The van der Waals surface area contributed by atoms with Gasteiger partial charge in [0.15, 0.2) is 0 Å². The SMILES string of the molecule is CCCc1ccc(NC(=O)C(C)CNC)cc1. The lowest BCUT2D eigenvalue weighted by molar-refractivity contribution is -0.119. The summed E-state index contributed by atoms with van der Waals surface area (Å²) < 4.78 is 0. The molecule has 0 radical (unpaired) electrons. The second-order valence-corrected chi connectivity index (χ2v) is 4.39. The average molecular weight is 234 g/mol. The Morgan fingerprint density at radius 2 is 1.94 bits per heavy atom. The molecule has 0 aromatic heterocycles. The van der Waals surface area contributed by atoms with Crippen molar-refractivity contribution in [3.05, 3.63) is 29.8 Å². The van der Waals surface area contributed by atoms with E-state index in [2.05, 4.69) is 29.7 Å². The molecule has 1 rings (SSSR count). The lowest BCUT2D eigenvalue weighted by Crippen LogP contribution is -2.28. The minimum Gasteiger partial charge on any atom is -0.326 e. The minimum absolute atomic E-state index is 0.0182. The van der Waals surface area contributed by atoms with Gasteiger partial charge in [-0.05, 0) is 31.2 Å². The van der Waals surface area contributed by atoms with Gasteiger partial charge in [0.05, 0.1) is 0 Å². The van der Waals surface area contributed by atoms with Crippen molar-refractivity contribution < 1.29 is 4.79 Å². The van der Waals surface area contributed by atoms with Gasteiger partial charge in [-0.3, -0.25) is 4.79 Å². The van der Waals surface area contributed by atoms with Crippen LogP contribution in [0.4, 0.5) is 5.69 Å². The number of amides is 1. The van der Waals surface area contributed by atoms with E-state index in [-0.39, 0.29) is 11.8 Å². The number of anilines is 1. The van der Waals surface area contributed by atoms with Gasteiger partial charge in [-0.1, -0.05) is 32.4 Å². The van der Waals surface area contributed by atoms with Gasteiger partial charge in [-0.25, -0.2) is 0 Å². The first-order valence-electron chi connectivity index (χ1n) is 6.21.